The lowest BCUT2D eigenvalue weighted by Gasteiger charge is -2.22. The number of nitrogens with zero attached hydrogens (tertiary/aromatic N) is 1. The first-order chi connectivity index (χ1) is 12.8. The minimum Gasteiger partial charge on any atom is -0.309 e. The molecule has 0 aliphatic heterocycles. The first kappa shape index (κ1) is 20.0. The monoisotopic (exact) mass is 390 g/mol. The molecule has 146 valence electrons. The lowest BCUT2D eigenvalue weighted by Crippen LogP contribution is -2.31. The lowest BCUT2D eigenvalue weighted by atomic mass is 9.92. The summed E-state index contributed by atoms with van der Waals surface area (Å²) in [5.41, 5.74) is 3.15. The summed E-state index contributed by atoms with van der Waals surface area (Å²) in [6, 6.07) is 11.1. The fourth-order valence-electron chi connectivity index (χ4n) is 3.51. The molecule has 3 rings (SSSR count). The molecule has 27 heavy (non-hydrogen) atoms. The highest BCUT2D eigenvalue weighted by Gasteiger charge is 2.23. The van der Waals surface area contributed by atoms with Crippen molar-refractivity contribution in [2.75, 3.05) is 20.6 Å². The van der Waals surface area contributed by atoms with Crippen LogP contribution in [0.5, 0.6) is 0 Å². The van der Waals surface area contributed by atoms with Gasteiger partial charge in [-0.15, -0.1) is 0 Å². The molecular formula is C21H27FN2O2S. The van der Waals surface area contributed by atoms with Crippen LogP contribution in [0.3, 0.4) is 0 Å². The summed E-state index contributed by atoms with van der Waals surface area (Å²) in [5, 5.41) is 0. The van der Waals surface area contributed by atoms with Gasteiger partial charge in [0.1, 0.15) is 5.82 Å². The summed E-state index contributed by atoms with van der Waals surface area (Å²) in [7, 11) is 0.227. The number of fused-ring (bicyclic) bond motifs is 1. The van der Waals surface area contributed by atoms with Crippen LogP contribution in [0.25, 0.3) is 0 Å². The molecule has 0 saturated heterocycles. The standard InChI is InChI=1S/C21H27FN2O2S/c1-24(2)14-13-21(17-7-10-19(22)11-8-17)23-27(25,26)20-12-9-16-5-3-4-6-18(16)15-20/h7-12,15,21,23H,3-6,13-14H2,1-2H3. The number of benzene rings is 2. The summed E-state index contributed by atoms with van der Waals surface area (Å²) in [6.45, 7) is 0.717. The van der Waals surface area contributed by atoms with E-state index in [2.05, 4.69) is 4.72 Å². The molecule has 0 aromatic heterocycles. The summed E-state index contributed by atoms with van der Waals surface area (Å²) >= 11 is 0. The van der Waals surface area contributed by atoms with E-state index in [1.165, 1.54) is 17.7 Å². The molecule has 2 aromatic rings. The summed E-state index contributed by atoms with van der Waals surface area (Å²) in [4.78, 5) is 2.31. The van der Waals surface area contributed by atoms with Crippen molar-refractivity contribution in [3.8, 4) is 0 Å². The van der Waals surface area contributed by atoms with Gasteiger partial charge < -0.3 is 4.90 Å². The fraction of sp³-hybridized carbons (Fsp3) is 0.429. The number of sulfonamides is 1. The van der Waals surface area contributed by atoms with Gasteiger partial charge in [0.25, 0.3) is 0 Å². The Kier molecular flexibility index (Phi) is 6.29. The molecule has 0 heterocycles. The topological polar surface area (TPSA) is 49.4 Å². The first-order valence-corrected chi connectivity index (χ1v) is 10.9. The van der Waals surface area contributed by atoms with Gasteiger partial charge in [-0.1, -0.05) is 18.2 Å². The van der Waals surface area contributed by atoms with Crippen molar-refractivity contribution < 1.29 is 12.8 Å². The van der Waals surface area contributed by atoms with Gasteiger partial charge in [-0.25, -0.2) is 17.5 Å². The van der Waals surface area contributed by atoms with E-state index in [0.29, 0.717) is 11.3 Å². The molecule has 0 bridgehead atoms. The molecule has 0 fully saturated rings. The molecule has 0 amide bonds. The third-order valence-electron chi connectivity index (χ3n) is 5.07. The molecule has 4 nitrogen and oxygen atoms in total. The van der Waals surface area contributed by atoms with Crippen LogP contribution in [-0.4, -0.2) is 34.0 Å². The van der Waals surface area contributed by atoms with E-state index in [1.54, 1.807) is 18.2 Å². The summed E-state index contributed by atoms with van der Waals surface area (Å²) in [6.07, 6.45) is 4.81. The molecule has 6 heteroatoms. The number of hydrogen-bond acceptors (Lipinski definition) is 3. The predicted octanol–water partition coefficient (Wildman–Crippen LogP) is 3.68. The zero-order valence-electron chi connectivity index (χ0n) is 15.9. The Hall–Kier alpha value is -1.76. The molecule has 0 saturated carbocycles. The normalized spacial score (nSPS) is 15.6. The average molecular weight is 391 g/mol. The molecule has 1 aliphatic rings. The van der Waals surface area contributed by atoms with E-state index in [-0.39, 0.29) is 5.82 Å². The highest BCUT2D eigenvalue weighted by atomic mass is 32.2. The Morgan fingerprint density at radius 2 is 1.70 bits per heavy atom. The number of rotatable bonds is 7. The van der Waals surface area contributed by atoms with E-state index in [4.69, 9.17) is 0 Å². The minimum atomic E-state index is -3.66. The Balaban J connectivity index is 1.85. The van der Waals surface area contributed by atoms with E-state index < -0.39 is 16.1 Å². The smallest absolute Gasteiger partial charge is 0.241 e. The second kappa shape index (κ2) is 8.50. The van der Waals surface area contributed by atoms with E-state index >= 15 is 0 Å². The van der Waals surface area contributed by atoms with Crippen molar-refractivity contribution in [2.24, 2.45) is 0 Å². The molecule has 1 aliphatic carbocycles. The van der Waals surface area contributed by atoms with Gasteiger partial charge in [0.15, 0.2) is 0 Å². The van der Waals surface area contributed by atoms with Crippen LogP contribution in [0.2, 0.25) is 0 Å². The van der Waals surface area contributed by atoms with Crippen LogP contribution in [0, 0.1) is 5.82 Å². The third kappa shape index (κ3) is 5.15. The maximum atomic E-state index is 13.3. The molecule has 1 unspecified atom stereocenters. The van der Waals surface area contributed by atoms with Crippen LogP contribution in [0.4, 0.5) is 4.39 Å². The Morgan fingerprint density at radius 1 is 1.04 bits per heavy atom. The summed E-state index contributed by atoms with van der Waals surface area (Å²) in [5.74, 6) is -0.331. The highest BCUT2D eigenvalue weighted by Crippen LogP contribution is 2.26. The molecular weight excluding hydrogens is 363 g/mol. The Bertz CT molecular complexity index is 880. The second-order valence-corrected chi connectivity index (χ2v) is 9.17. The van der Waals surface area contributed by atoms with Crippen molar-refractivity contribution in [3.05, 3.63) is 65.0 Å². The lowest BCUT2D eigenvalue weighted by molar-refractivity contribution is 0.375. The van der Waals surface area contributed by atoms with Crippen molar-refractivity contribution >= 4 is 10.0 Å². The van der Waals surface area contributed by atoms with E-state index in [0.717, 1.165) is 43.4 Å². The zero-order chi connectivity index (χ0) is 19.4. The van der Waals surface area contributed by atoms with Crippen molar-refractivity contribution in [1.29, 1.82) is 0 Å². The van der Waals surface area contributed by atoms with Gasteiger partial charge in [-0.05, 0) is 93.7 Å². The Morgan fingerprint density at radius 3 is 2.37 bits per heavy atom. The zero-order valence-corrected chi connectivity index (χ0v) is 16.7. The van der Waals surface area contributed by atoms with Gasteiger partial charge in [0.2, 0.25) is 10.0 Å². The van der Waals surface area contributed by atoms with Crippen LogP contribution >= 0.6 is 0 Å². The predicted molar refractivity (Wildman–Crippen MR) is 106 cm³/mol. The van der Waals surface area contributed by atoms with Crippen molar-refractivity contribution in [3.63, 3.8) is 0 Å². The van der Waals surface area contributed by atoms with Gasteiger partial charge in [0, 0.05) is 6.04 Å². The van der Waals surface area contributed by atoms with Crippen LogP contribution in [0.15, 0.2) is 47.4 Å². The number of halogens is 1. The number of aryl methyl sites for hydroxylation is 2. The van der Waals surface area contributed by atoms with E-state index in [1.807, 2.05) is 31.1 Å². The maximum absolute atomic E-state index is 13.3. The molecule has 1 atom stereocenters. The second-order valence-electron chi connectivity index (χ2n) is 7.45. The molecule has 1 N–H and O–H groups in total. The minimum absolute atomic E-state index is 0.306. The van der Waals surface area contributed by atoms with Gasteiger partial charge in [0.05, 0.1) is 4.90 Å². The largest absolute Gasteiger partial charge is 0.309 e. The Labute approximate surface area is 161 Å². The quantitative estimate of drug-likeness (QED) is 0.785. The number of nitrogens with one attached hydrogen (secondary N) is 1. The van der Waals surface area contributed by atoms with E-state index in [9.17, 15) is 12.8 Å². The van der Waals surface area contributed by atoms with Gasteiger partial charge >= 0.3 is 0 Å². The van der Waals surface area contributed by atoms with Crippen LogP contribution in [-0.2, 0) is 22.9 Å². The van der Waals surface area contributed by atoms with Gasteiger partial charge in [-0.2, -0.15) is 0 Å². The fourth-order valence-corrected chi connectivity index (χ4v) is 4.82. The SMILES string of the molecule is CN(C)CCC(NS(=O)(=O)c1ccc2c(c1)CCCC2)c1ccc(F)cc1. The van der Waals surface area contributed by atoms with Crippen LogP contribution in [0.1, 0.15) is 42.0 Å². The average Bonchev–Trinajstić information content (AvgIpc) is 2.65. The maximum Gasteiger partial charge on any atom is 0.241 e. The van der Waals surface area contributed by atoms with Crippen molar-refractivity contribution in [2.45, 2.75) is 43.0 Å². The molecule has 2 aromatic carbocycles. The molecule has 0 spiro atoms. The third-order valence-corrected chi connectivity index (χ3v) is 6.53. The summed E-state index contributed by atoms with van der Waals surface area (Å²) < 4.78 is 42.1. The highest BCUT2D eigenvalue weighted by molar-refractivity contribution is 7.89. The van der Waals surface area contributed by atoms with Gasteiger partial charge in [-0.3, -0.25) is 0 Å². The van der Waals surface area contributed by atoms with Crippen molar-refractivity contribution in [1.82, 2.24) is 9.62 Å². The first-order valence-electron chi connectivity index (χ1n) is 9.39. The van der Waals surface area contributed by atoms with Crippen LogP contribution < -0.4 is 4.72 Å². The number of hydrogen-bond donors (Lipinski definition) is 1. The molecule has 0 radical (unpaired) electrons.